The molecule has 2 aromatic heterocycles. The number of aromatic nitrogens is 1. The number of carbonyl (C=O) groups is 1. The molecule has 0 atom stereocenters. The molecule has 0 bridgehead atoms. The molecule has 6 heteroatoms. The summed E-state index contributed by atoms with van der Waals surface area (Å²) < 4.78 is 16.7. The van der Waals surface area contributed by atoms with Crippen LogP contribution in [0.2, 0.25) is 5.02 Å². The molecule has 0 unspecified atom stereocenters. The van der Waals surface area contributed by atoms with Crippen LogP contribution in [0.4, 0.5) is 4.39 Å². The lowest BCUT2D eigenvalue weighted by atomic mass is 10.0. The molecule has 30 heavy (non-hydrogen) atoms. The van der Waals surface area contributed by atoms with E-state index in [1.807, 2.05) is 40.3 Å². The van der Waals surface area contributed by atoms with Crippen molar-refractivity contribution >= 4 is 50.7 Å². The first kappa shape index (κ1) is 18.9. The van der Waals surface area contributed by atoms with Crippen molar-refractivity contribution in [2.75, 3.05) is 0 Å². The minimum atomic E-state index is -0.510. The second-order valence-electron chi connectivity index (χ2n) is 6.99. The number of amides is 1. The summed E-state index contributed by atoms with van der Waals surface area (Å²) in [6, 6.07) is 21.7. The Morgan fingerprint density at radius 2 is 1.97 bits per heavy atom. The fourth-order valence-electron chi connectivity index (χ4n) is 3.86. The molecule has 147 valence electrons. The van der Waals surface area contributed by atoms with Gasteiger partial charge in [0.25, 0.3) is 0 Å². The zero-order chi connectivity index (χ0) is 20.8. The van der Waals surface area contributed by atoms with Gasteiger partial charge in [0.15, 0.2) is 0 Å². The van der Waals surface area contributed by atoms with Gasteiger partial charge < -0.3 is 10.3 Å². The van der Waals surface area contributed by atoms with Gasteiger partial charge in [0.2, 0.25) is 5.91 Å². The Morgan fingerprint density at radius 1 is 1.13 bits per heavy atom. The molecule has 0 fully saturated rings. The molecular formula is C24H15ClFN2OS. The number of carbonyl (C=O) groups excluding carboxylic acids is 1. The Morgan fingerprint density at radius 3 is 2.73 bits per heavy atom. The molecular weight excluding hydrogens is 419 g/mol. The predicted molar refractivity (Wildman–Crippen MR) is 121 cm³/mol. The summed E-state index contributed by atoms with van der Waals surface area (Å²) in [4.78, 5) is 13.2. The smallest absolute Gasteiger partial charge is 0.249 e. The topological polar surface area (TPSA) is 48.0 Å². The van der Waals surface area contributed by atoms with E-state index in [9.17, 15) is 9.18 Å². The van der Waals surface area contributed by atoms with E-state index in [1.54, 1.807) is 35.6 Å². The van der Waals surface area contributed by atoms with Crippen molar-refractivity contribution in [1.29, 1.82) is 0 Å². The molecule has 5 aromatic rings. The number of nitrogens with zero attached hydrogens (tertiary/aromatic N) is 1. The average molecular weight is 434 g/mol. The highest BCUT2D eigenvalue weighted by atomic mass is 35.5. The van der Waals surface area contributed by atoms with Gasteiger partial charge in [-0.1, -0.05) is 35.9 Å². The molecule has 2 N–H and O–H groups in total. The van der Waals surface area contributed by atoms with Crippen molar-refractivity contribution in [1.82, 2.24) is 4.57 Å². The van der Waals surface area contributed by atoms with E-state index in [4.69, 9.17) is 17.3 Å². The number of thiophene rings is 1. The van der Waals surface area contributed by atoms with Crippen LogP contribution in [0.15, 0.2) is 66.0 Å². The van der Waals surface area contributed by atoms with Gasteiger partial charge in [-0.2, -0.15) is 0 Å². The summed E-state index contributed by atoms with van der Waals surface area (Å²) in [5.74, 6) is -0.956. The van der Waals surface area contributed by atoms with E-state index in [0.717, 1.165) is 32.2 Å². The average Bonchev–Trinajstić information content (AvgIpc) is 3.38. The largest absolute Gasteiger partial charge is 0.366 e. The fourth-order valence-corrected chi connectivity index (χ4v) is 4.77. The van der Waals surface area contributed by atoms with Gasteiger partial charge in [-0.25, -0.2) is 4.39 Å². The Labute approximate surface area is 181 Å². The first-order valence-corrected chi connectivity index (χ1v) is 10.5. The molecule has 0 aliphatic heterocycles. The van der Waals surface area contributed by atoms with Gasteiger partial charge in [-0.3, -0.25) is 4.79 Å². The second-order valence-corrected chi connectivity index (χ2v) is 8.34. The van der Waals surface area contributed by atoms with Crippen molar-refractivity contribution in [2.45, 2.75) is 6.54 Å². The van der Waals surface area contributed by atoms with E-state index in [-0.39, 0.29) is 11.6 Å². The van der Waals surface area contributed by atoms with Crippen LogP contribution in [0.5, 0.6) is 0 Å². The van der Waals surface area contributed by atoms with E-state index in [0.29, 0.717) is 11.1 Å². The van der Waals surface area contributed by atoms with Crippen LogP contribution < -0.4 is 5.73 Å². The number of hydrogen-bond donors (Lipinski definition) is 1. The number of benzene rings is 3. The van der Waals surface area contributed by atoms with Crippen molar-refractivity contribution in [3.63, 3.8) is 0 Å². The maximum atomic E-state index is 14.7. The maximum Gasteiger partial charge on any atom is 0.249 e. The third-order valence-electron chi connectivity index (χ3n) is 5.23. The number of hydrogen-bond acceptors (Lipinski definition) is 2. The van der Waals surface area contributed by atoms with Crippen molar-refractivity contribution < 1.29 is 9.18 Å². The van der Waals surface area contributed by atoms with Crippen LogP contribution in [0, 0.1) is 11.9 Å². The number of halogens is 2. The molecule has 3 nitrogen and oxygen atoms in total. The van der Waals surface area contributed by atoms with E-state index in [1.165, 1.54) is 6.07 Å². The predicted octanol–water partition coefficient (Wildman–Crippen LogP) is 6.26. The van der Waals surface area contributed by atoms with Gasteiger partial charge in [0.05, 0.1) is 22.6 Å². The fraction of sp³-hybridized carbons (Fsp3) is 0.0417. The zero-order valence-corrected chi connectivity index (χ0v) is 17.2. The monoisotopic (exact) mass is 433 g/mol. The highest BCUT2D eigenvalue weighted by Crippen LogP contribution is 2.36. The molecule has 0 saturated carbocycles. The summed E-state index contributed by atoms with van der Waals surface area (Å²) in [7, 11) is 0. The third kappa shape index (κ3) is 2.98. The first-order valence-electron chi connectivity index (χ1n) is 9.28. The number of primary amides is 1. The minimum absolute atomic E-state index is 0.0805. The zero-order valence-electron chi connectivity index (χ0n) is 15.7. The lowest BCUT2D eigenvalue weighted by molar-refractivity contribution is 0.100. The van der Waals surface area contributed by atoms with Crippen LogP contribution >= 0.6 is 22.9 Å². The lowest BCUT2D eigenvalue weighted by Gasteiger charge is -2.10. The lowest BCUT2D eigenvalue weighted by Crippen LogP contribution is -2.11. The molecule has 0 aliphatic carbocycles. The summed E-state index contributed by atoms with van der Waals surface area (Å²) >= 11 is 7.63. The highest BCUT2D eigenvalue weighted by molar-refractivity contribution is 7.13. The van der Waals surface area contributed by atoms with Crippen molar-refractivity contribution in [2.24, 2.45) is 5.73 Å². The molecule has 2 heterocycles. The molecule has 3 aromatic carbocycles. The summed E-state index contributed by atoms with van der Waals surface area (Å²) in [5.41, 5.74) is 9.18. The molecule has 0 saturated heterocycles. The maximum absolute atomic E-state index is 14.7. The highest BCUT2D eigenvalue weighted by Gasteiger charge is 2.18. The van der Waals surface area contributed by atoms with Crippen molar-refractivity contribution in [3.05, 3.63) is 94.1 Å². The summed E-state index contributed by atoms with van der Waals surface area (Å²) in [6.45, 7) is 0.260. The van der Waals surface area contributed by atoms with Crippen LogP contribution in [-0.2, 0) is 6.54 Å². The summed E-state index contributed by atoms with van der Waals surface area (Å²) in [6.07, 6.45) is 0. The van der Waals surface area contributed by atoms with Gasteiger partial charge in [-0.05, 0) is 53.4 Å². The molecule has 0 spiro atoms. The third-order valence-corrected chi connectivity index (χ3v) is 6.44. The summed E-state index contributed by atoms with van der Waals surface area (Å²) in [5, 5.41) is 3.60. The van der Waals surface area contributed by atoms with Gasteiger partial charge in [-0.15, -0.1) is 11.3 Å². The van der Waals surface area contributed by atoms with Gasteiger partial charge >= 0.3 is 0 Å². The van der Waals surface area contributed by atoms with Crippen LogP contribution in [-0.4, -0.2) is 10.5 Å². The molecule has 1 radical (unpaired) electrons. The van der Waals surface area contributed by atoms with Crippen molar-refractivity contribution in [3.8, 4) is 10.4 Å². The Balaban J connectivity index is 1.83. The molecule has 5 rings (SSSR count). The molecule has 0 aliphatic rings. The molecule has 1 amide bonds. The first-order chi connectivity index (χ1) is 14.5. The Hall–Kier alpha value is -3.15. The standard InChI is InChI=1S/C24H15ClFN2OS/c25-18-6-1-4-15(23(18)26)13-28-19-7-2-5-17(24(27)29)22(19)16-10-9-14(12-20(16)28)21-8-3-11-30-21/h1-9,11-12H,13H2,(H2,27,29). The number of fused-ring (bicyclic) bond motifs is 3. The van der Waals surface area contributed by atoms with E-state index >= 15 is 0 Å². The van der Waals surface area contributed by atoms with Gasteiger partial charge in [0.1, 0.15) is 5.82 Å². The number of rotatable bonds is 4. The Kier molecular flexibility index (Phi) is 4.57. The van der Waals surface area contributed by atoms with Crippen LogP contribution in [0.1, 0.15) is 15.9 Å². The second kappa shape index (κ2) is 7.27. The van der Waals surface area contributed by atoms with Gasteiger partial charge in [0, 0.05) is 26.8 Å². The van der Waals surface area contributed by atoms with Crippen LogP contribution in [0.3, 0.4) is 0 Å². The number of nitrogens with two attached hydrogens (primary N) is 1. The quantitative estimate of drug-likeness (QED) is 0.357. The SMILES string of the molecule is NC(=O)c1cccc2c1c1[c]cc(-c3cccs3)cc1n2Cc1cccc(Cl)c1F. The van der Waals surface area contributed by atoms with Crippen LogP contribution in [0.25, 0.3) is 32.2 Å². The van der Waals surface area contributed by atoms with E-state index in [2.05, 4.69) is 6.07 Å². The van der Waals surface area contributed by atoms with E-state index < -0.39 is 11.7 Å². The minimum Gasteiger partial charge on any atom is -0.366 e. The normalized spacial score (nSPS) is 11.4. The Bertz CT molecular complexity index is 1420.